The topological polar surface area (TPSA) is 106 Å². The number of nitrogens with one attached hydrogen (secondary N) is 1. The molecular weight excluding hydrogens is 542 g/mol. The molecule has 216 valence electrons. The number of nitrogens with two attached hydrogens (primary N) is 2. The van der Waals surface area contributed by atoms with Gasteiger partial charge in [0, 0.05) is 29.4 Å². The molecule has 0 saturated carbocycles. The third-order valence-corrected chi connectivity index (χ3v) is 3.90. The van der Waals surface area contributed by atoms with E-state index >= 15 is 0 Å². The van der Waals surface area contributed by atoms with Crippen LogP contribution in [0.4, 0.5) is 32.0 Å². The Bertz CT molecular complexity index is 970. The SMILES string of the molecule is C/C=C\C(=C/CC(F)(F)F)C(F)(F)F.C=CC.N=CCc1cccc(N)cscn1.NC=O.c1ccccc1. The number of nitrogen functional groups attached to an aromatic ring is 1. The van der Waals surface area contributed by atoms with E-state index in [4.69, 9.17) is 15.9 Å². The first-order valence-electron chi connectivity index (χ1n) is 11.0. The fourth-order valence-corrected chi connectivity index (χ4v) is 2.35. The zero-order chi connectivity index (χ0) is 30.6. The first kappa shape index (κ1) is 39.6. The van der Waals surface area contributed by atoms with Crippen LogP contribution < -0.4 is 11.5 Å². The number of carbonyl (C=O) groups excluding carboxylic acids is 1. The summed E-state index contributed by atoms with van der Waals surface area (Å²) >= 11 is 1.43. The van der Waals surface area contributed by atoms with Gasteiger partial charge in [-0.2, -0.15) is 26.3 Å². The van der Waals surface area contributed by atoms with Gasteiger partial charge < -0.3 is 16.9 Å². The van der Waals surface area contributed by atoms with Gasteiger partial charge in [-0.1, -0.05) is 66.8 Å². The monoisotopic (exact) mass is 576 g/mol. The number of amides is 1. The van der Waals surface area contributed by atoms with Crippen LogP contribution in [-0.4, -0.2) is 30.0 Å². The van der Waals surface area contributed by atoms with Gasteiger partial charge in [0.15, 0.2) is 0 Å². The Kier molecular flexibility index (Phi) is 26.1. The average molecular weight is 577 g/mol. The number of hydrogen-bond acceptors (Lipinski definition) is 5. The van der Waals surface area contributed by atoms with Crippen LogP contribution in [0.15, 0.2) is 102 Å². The summed E-state index contributed by atoms with van der Waals surface area (Å²) < 4.78 is 70.8. The van der Waals surface area contributed by atoms with Gasteiger partial charge in [-0.25, -0.2) is 0 Å². The average Bonchev–Trinajstić information content (AvgIpc) is 2.95. The highest BCUT2D eigenvalue weighted by atomic mass is 32.1. The Morgan fingerprint density at radius 1 is 1.03 bits per heavy atom. The van der Waals surface area contributed by atoms with Gasteiger partial charge in [-0.05, 0) is 26.0 Å². The minimum Gasteiger partial charge on any atom is -0.398 e. The zero-order valence-electron chi connectivity index (χ0n) is 21.6. The number of carbonyl (C=O) groups is 1. The van der Waals surface area contributed by atoms with E-state index in [-0.39, 0.29) is 12.5 Å². The molecule has 5 N–H and O–H groups in total. The quantitative estimate of drug-likeness (QED) is 0.113. The normalized spacial score (nSPS) is 10.3. The van der Waals surface area contributed by atoms with Crippen molar-refractivity contribution in [3.05, 3.63) is 108 Å². The first-order valence-corrected chi connectivity index (χ1v) is 12.0. The summed E-state index contributed by atoms with van der Waals surface area (Å²) in [4.78, 5) is 12.7. The van der Waals surface area contributed by atoms with Crippen LogP contribution in [0.1, 0.15) is 26.0 Å². The number of benzene rings is 1. The lowest BCUT2D eigenvalue weighted by Crippen LogP contribution is -2.12. The largest absolute Gasteiger partial charge is 0.416 e. The third kappa shape index (κ3) is 32.0. The van der Waals surface area contributed by atoms with Crippen molar-refractivity contribution < 1.29 is 31.1 Å². The predicted molar refractivity (Wildman–Crippen MR) is 149 cm³/mol. The number of primary amides is 1. The molecule has 0 unspecified atom stereocenters. The summed E-state index contributed by atoms with van der Waals surface area (Å²) in [5.41, 5.74) is 11.8. The van der Waals surface area contributed by atoms with E-state index < -0.39 is 24.3 Å². The molecule has 0 atom stereocenters. The van der Waals surface area contributed by atoms with Crippen molar-refractivity contribution in [2.75, 3.05) is 5.73 Å². The van der Waals surface area contributed by atoms with Crippen LogP contribution in [0.25, 0.3) is 0 Å². The van der Waals surface area contributed by atoms with E-state index in [1.807, 2.05) is 66.9 Å². The molecule has 1 aromatic heterocycles. The second-order valence-corrected chi connectivity index (χ2v) is 7.31. The van der Waals surface area contributed by atoms with Gasteiger partial charge >= 0.3 is 12.4 Å². The number of aromatic nitrogens is 1. The van der Waals surface area contributed by atoms with Crippen molar-refractivity contribution in [3.63, 3.8) is 0 Å². The van der Waals surface area contributed by atoms with Crippen molar-refractivity contribution in [1.82, 2.24) is 4.98 Å². The number of anilines is 1. The summed E-state index contributed by atoms with van der Waals surface area (Å²) in [5.74, 6) is 0. The Morgan fingerprint density at radius 2 is 1.51 bits per heavy atom. The highest BCUT2D eigenvalue weighted by Gasteiger charge is 2.33. The number of nitrogens with zero attached hydrogens (tertiary/aromatic N) is 1. The van der Waals surface area contributed by atoms with Gasteiger partial charge in [0.05, 0.1) is 17.5 Å². The molecule has 0 aliphatic carbocycles. The number of alkyl halides is 6. The van der Waals surface area contributed by atoms with Crippen molar-refractivity contribution >= 4 is 29.6 Å². The van der Waals surface area contributed by atoms with Crippen LogP contribution in [0.5, 0.6) is 0 Å². The van der Waals surface area contributed by atoms with Gasteiger partial charge in [0.2, 0.25) is 6.41 Å². The molecule has 1 amide bonds. The second-order valence-electron chi connectivity index (χ2n) is 6.59. The number of hydrogen-bond donors (Lipinski definition) is 3. The molecule has 5 nitrogen and oxygen atoms in total. The Morgan fingerprint density at radius 3 is 1.90 bits per heavy atom. The number of halogens is 6. The molecule has 0 aliphatic heterocycles. The first-order chi connectivity index (χ1) is 18.3. The fraction of sp³-hybridized carbons (Fsp3) is 0.222. The molecule has 0 saturated heterocycles. The van der Waals surface area contributed by atoms with Crippen LogP contribution in [-0.2, 0) is 11.2 Å². The molecule has 1 heterocycles. The third-order valence-electron chi connectivity index (χ3n) is 3.27. The summed E-state index contributed by atoms with van der Waals surface area (Å²) in [6.07, 6.45) is -5.28. The molecular formula is C27H34F6N4OS. The molecule has 0 aliphatic rings. The van der Waals surface area contributed by atoms with Crippen LogP contribution in [0, 0.1) is 5.41 Å². The van der Waals surface area contributed by atoms with Crippen LogP contribution >= 0.6 is 11.3 Å². The van der Waals surface area contributed by atoms with Gasteiger partial charge in [-0.15, -0.1) is 17.9 Å². The van der Waals surface area contributed by atoms with E-state index in [9.17, 15) is 26.3 Å². The van der Waals surface area contributed by atoms with Crippen LogP contribution in [0.2, 0.25) is 0 Å². The maximum Gasteiger partial charge on any atom is 0.416 e. The molecule has 2 rings (SSSR count). The smallest absolute Gasteiger partial charge is 0.398 e. The summed E-state index contributed by atoms with van der Waals surface area (Å²) in [6, 6.07) is 17.5. The lowest BCUT2D eigenvalue weighted by Gasteiger charge is -2.08. The zero-order valence-corrected chi connectivity index (χ0v) is 22.4. The minimum absolute atomic E-state index is 0.125. The Balaban J connectivity index is -0.000000473. The van der Waals surface area contributed by atoms with Crippen LogP contribution in [0.3, 0.4) is 0 Å². The standard InChI is InChI=1S/C9H11N3S.C8H8F6.C6H6.C3H6.CH3NO/c10-5-4-9-3-1-2-8(11)6-13-7-12-9;1-2-3-6(8(12,13)14)4-5-7(9,10)11;1-2-4-6-5-3-1;1-3-2;2-1-3/h1-3,5-7,10H,4,11H2;2-4H,5H2,1H3;1-6H;3H,1H2,2H3;1H,(H2,2,3)/b;3-2-,6-4+;;;. The van der Waals surface area contributed by atoms with Crippen molar-refractivity contribution in [2.45, 2.75) is 39.0 Å². The van der Waals surface area contributed by atoms with E-state index in [0.29, 0.717) is 18.2 Å². The second kappa shape index (κ2) is 25.7. The van der Waals surface area contributed by atoms with E-state index in [1.54, 1.807) is 11.6 Å². The maximum absolute atomic E-state index is 12.0. The van der Waals surface area contributed by atoms with Crippen molar-refractivity contribution in [3.8, 4) is 0 Å². The maximum atomic E-state index is 12.0. The predicted octanol–water partition coefficient (Wildman–Crippen LogP) is 8.03. The lowest BCUT2D eigenvalue weighted by atomic mass is 10.2. The number of rotatable bonds is 4. The minimum atomic E-state index is -4.74. The Labute approximate surface area is 229 Å². The summed E-state index contributed by atoms with van der Waals surface area (Å²) in [5, 5.41) is 8.77. The summed E-state index contributed by atoms with van der Waals surface area (Å²) in [6.45, 7) is 6.55. The van der Waals surface area contributed by atoms with E-state index in [0.717, 1.165) is 11.8 Å². The highest BCUT2D eigenvalue weighted by Crippen LogP contribution is 2.29. The van der Waals surface area contributed by atoms with Crippen molar-refractivity contribution in [2.24, 2.45) is 5.73 Å². The molecule has 1 aromatic carbocycles. The van der Waals surface area contributed by atoms with Gasteiger partial charge in [0.25, 0.3) is 0 Å². The van der Waals surface area contributed by atoms with Gasteiger partial charge in [0.1, 0.15) is 0 Å². The molecule has 0 spiro atoms. The van der Waals surface area contributed by atoms with E-state index in [1.165, 1.54) is 24.5 Å². The lowest BCUT2D eigenvalue weighted by molar-refractivity contribution is -0.126. The fourth-order valence-electron chi connectivity index (χ4n) is 1.85. The van der Waals surface area contributed by atoms with Gasteiger partial charge in [-0.3, -0.25) is 9.78 Å². The molecule has 39 heavy (non-hydrogen) atoms. The molecule has 2 aromatic rings. The molecule has 0 radical (unpaired) electrons. The summed E-state index contributed by atoms with van der Waals surface area (Å²) in [7, 11) is 0. The van der Waals surface area contributed by atoms with E-state index in [2.05, 4.69) is 17.3 Å². The highest BCUT2D eigenvalue weighted by molar-refractivity contribution is 7.07. The van der Waals surface area contributed by atoms with Crippen molar-refractivity contribution in [1.29, 1.82) is 5.41 Å². The molecule has 0 bridgehead atoms. The number of allylic oxidation sites excluding steroid dienone is 5. The molecule has 12 heteroatoms. The molecule has 0 fully saturated rings. The Hall–Kier alpha value is -3.93.